The fourth-order valence-electron chi connectivity index (χ4n) is 0.982. The van der Waals surface area contributed by atoms with Crippen LogP contribution in [0.3, 0.4) is 0 Å². The van der Waals surface area contributed by atoms with Gasteiger partial charge in [-0.1, -0.05) is 5.16 Å². The molecule has 2 rings (SSSR count). The fraction of sp³-hybridized carbons (Fsp3) is 0.500. The first kappa shape index (κ1) is 6.24. The Hall–Kier alpha value is -0.480. The van der Waals surface area contributed by atoms with Crippen LogP contribution < -0.4 is 5.32 Å². The molecule has 1 aliphatic heterocycles. The van der Waals surface area contributed by atoms with Crippen molar-refractivity contribution in [3.05, 3.63) is 18.0 Å². The average Bonchev–Trinajstić information content (AvgIpc) is 2.59. The molecule has 1 aliphatic rings. The molecule has 1 saturated heterocycles. The predicted molar refractivity (Wildman–Crippen MR) is 39.7 cm³/mol. The van der Waals surface area contributed by atoms with Crippen LogP contribution in [0.25, 0.3) is 0 Å². The van der Waals surface area contributed by atoms with Crippen LogP contribution in [0.1, 0.15) is 10.9 Å². The number of thioether (sulfide) groups is 1. The Bertz CT molecular complexity index is 194. The monoisotopic (exact) mass is 156 g/mol. The molecule has 1 N–H and O–H groups in total. The minimum Gasteiger partial charge on any atom is -0.364 e. The highest BCUT2D eigenvalue weighted by Crippen LogP contribution is 2.28. The lowest BCUT2D eigenvalue weighted by molar-refractivity contribution is 0.418. The molecule has 1 aromatic heterocycles. The summed E-state index contributed by atoms with van der Waals surface area (Å²) in [5, 5.41) is 7.37. The summed E-state index contributed by atoms with van der Waals surface area (Å²) in [6, 6.07) is 0. The van der Waals surface area contributed by atoms with E-state index >= 15 is 0 Å². The van der Waals surface area contributed by atoms with Gasteiger partial charge in [0.2, 0.25) is 0 Å². The number of hydrogen-bond donors (Lipinski definition) is 1. The van der Waals surface area contributed by atoms with Crippen LogP contribution in [0.5, 0.6) is 0 Å². The second-order valence-corrected chi connectivity index (χ2v) is 3.38. The van der Waals surface area contributed by atoms with Crippen LogP contribution in [0.4, 0.5) is 0 Å². The summed E-state index contributed by atoms with van der Waals surface area (Å²) < 4.78 is 4.72. The fourth-order valence-corrected chi connectivity index (χ4v) is 2.00. The molecular formula is C6H8N2OS. The summed E-state index contributed by atoms with van der Waals surface area (Å²) in [6.45, 7) is 1.08. The highest BCUT2D eigenvalue weighted by molar-refractivity contribution is 7.99. The van der Waals surface area contributed by atoms with Gasteiger partial charge < -0.3 is 9.84 Å². The zero-order chi connectivity index (χ0) is 6.81. The van der Waals surface area contributed by atoms with Gasteiger partial charge in [0.1, 0.15) is 6.26 Å². The van der Waals surface area contributed by atoms with Crippen molar-refractivity contribution < 1.29 is 4.52 Å². The smallest absolute Gasteiger partial charge is 0.129 e. The van der Waals surface area contributed by atoms with E-state index in [4.69, 9.17) is 4.52 Å². The average molecular weight is 156 g/mol. The summed E-state index contributed by atoms with van der Waals surface area (Å²) >= 11 is 1.89. The van der Waals surface area contributed by atoms with Crippen molar-refractivity contribution >= 4 is 11.8 Å². The lowest BCUT2D eigenvalue weighted by Gasteiger charge is -2.02. The van der Waals surface area contributed by atoms with Crippen molar-refractivity contribution in [2.24, 2.45) is 0 Å². The normalized spacial score (nSPS) is 25.4. The van der Waals surface area contributed by atoms with E-state index in [9.17, 15) is 0 Å². The Morgan fingerprint density at radius 1 is 1.80 bits per heavy atom. The van der Waals surface area contributed by atoms with Crippen LogP contribution >= 0.6 is 11.8 Å². The Morgan fingerprint density at radius 3 is 3.40 bits per heavy atom. The third-order valence-electron chi connectivity index (χ3n) is 1.47. The van der Waals surface area contributed by atoms with Crippen molar-refractivity contribution in [3.8, 4) is 0 Å². The van der Waals surface area contributed by atoms with E-state index in [2.05, 4.69) is 10.5 Å². The molecule has 1 atom stereocenters. The van der Waals surface area contributed by atoms with E-state index in [1.54, 1.807) is 12.5 Å². The summed E-state index contributed by atoms with van der Waals surface area (Å²) in [6.07, 6.45) is 3.45. The molecule has 1 fully saturated rings. The molecule has 1 unspecified atom stereocenters. The van der Waals surface area contributed by atoms with Gasteiger partial charge in [-0.2, -0.15) is 0 Å². The molecule has 10 heavy (non-hydrogen) atoms. The van der Waals surface area contributed by atoms with Gasteiger partial charge in [0, 0.05) is 17.9 Å². The van der Waals surface area contributed by atoms with Gasteiger partial charge >= 0.3 is 0 Å². The van der Waals surface area contributed by atoms with Crippen molar-refractivity contribution in [3.63, 3.8) is 0 Å². The zero-order valence-corrected chi connectivity index (χ0v) is 6.23. The third kappa shape index (κ3) is 1.04. The minimum absolute atomic E-state index is 0.409. The van der Waals surface area contributed by atoms with Crippen molar-refractivity contribution in [1.29, 1.82) is 0 Å². The Balaban J connectivity index is 2.12. The quantitative estimate of drug-likeness (QED) is 0.658. The largest absolute Gasteiger partial charge is 0.364 e. The van der Waals surface area contributed by atoms with Crippen molar-refractivity contribution in [2.45, 2.75) is 5.37 Å². The Morgan fingerprint density at radius 2 is 2.80 bits per heavy atom. The molecular weight excluding hydrogens is 148 g/mol. The number of hydrogen-bond acceptors (Lipinski definition) is 4. The predicted octanol–water partition coefficient (Wildman–Crippen LogP) is 1.01. The maximum Gasteiger partial charge on any atom is 0.129 e. The Labute approximate surface area is 63.2 Å². The topological polar surface area (TPSA) is 38.1 Å². The highest BCUT2D eigenvalue weighted by atomic mass is 32.2. The maximum atomic E-state index is 4.72. The van der Waals surface area contributed by atoms with Gasteiger partial charge in [0.05, 0.1) is 11.6 Å². The summed E-state index contributed by atoms with van der Waals surface area (Å²) in [5.41, 5.74) is 1.14. The van der Waals surface area contributed by atoms with E-state index in [0.717, 1.165) is 12.1 Å². The number of aromatic nitrogens is 1. The van der Waals surface area contributed by atoms with Crippen LogP contribution in [0.2, 0.25) is 0 Å². The van der Waals surface area contributed by atoms with Crippen LogP contribution in [-0.4, -0.2) is 17.5 Å². The molecule has 1 aromatic rings. The number of nitrogens with one attached hydrogen (secondary N) is 1. The number of nitrogens with zero attached hydrogens (tertiary/aromatic N) is 1. The van der Waals surface area contributed by atoms with Crippen LogP contribution in [-0.2, 0) is 0 Å². The third-order valence-corrected chi connectivity index (χ3v) is 2.68. The molecule has 0 bridgehead atoms. The van der Waals surface area contributed by atoms with Gasteiger partial charge in [0.15, 0.2) is 0 Å². The van der Waals surface area contributed by atoms with Gasteiger partial charge in [-0.15, -0.1) is 11.8 Å². The molecule has 0 radical (unpaired) electrons. The second kappa shape index (κ2) is 2.64. The van der Waals surface area contributed by atoms with Gasteiger partial charge in [-0.3, -0.25) is 0 Å². The molecule has 0 spiro atoms. The van der Waals surface area contributed by atoms with Crippen LogP contribution in [0, 0.1) is 0 Å². The lowest BCUT2D eigenvalue weighted by atomic mass is 10.4. The van der Waals surface area contributed by atoms with Gasteiger partial charge in [-0.05, 0) is 0 Å². The maximum absolute atomic E-state index is 4.72. The van der Waals surface area contributed by atoms with Crippen LogP contribution in [0.15, 0.2) is 17.0 Å². The molecule has 4 heteroatoms. The zero-order valence-electron chi connectivity index (χ0n) is 5.41. The highest BCUT2D eigenvalue weighted by Gasteiger charge is 2.17. The number of rotatable bonds is 1. The molecule has 54 valence electrons. The first-order valence-electron chi connectivity index (χ1n) is 3.21. The van der Waals surface area contributed by atoms with Gasteiger partial charge in [0.25, 0.3) is 0 Å². The first-order chi connectivity index (χ1) is 4.97. The molecule has 0 amide bonds. The molecule has 0 saturated carbocycles. The van der Waals surface area contributed by atoms with E-state index in [1.807, 2.05) is 11.8 Å². The first-order valence-corrected chi connectivity index (χ1v) is 4.26. The molecule has 0 aliphatic carbocycles. The molecule has 3 nitrogen and oxygen atoms in total. The lowest BCUT2D eigenvalue weighted by Crippen LogP contribution is -2.11. The van der Waals surface area contributed by atoms with E-state index in [0.29, 0.717) is 5.37 Å². The van der Waals surface area contributed by atoms with Crippen molar-refractivity contribution in [2.75, 3.05) is 12.3 Å². The second-order valence-electron chi connectivity index (χ2n) is 2.16. The molecule has 2 heterocycles. The van der Waals surface area contributed by atoms with E-state index < -0.39 is 0 Å². The summed E-state index contributed by atoms with van der Waals surface area (Å²) in [5.74, 6) is 1.18. The molecule has 0 aromatic carbocycles. The van der Waals surface area contributed by atoms with Gasteiger partial charge in [-0.25, -0.2) is 0 Å². The standard InChI is InChI=1S/C6H8N2OS/c1-2-10-6(7-1)5-3-8-9-4-5/h3-4,6-7H,1-2H2. The van der Waals surface area contributed by atoms with Crippen molar-refractivity contribution in [1.82, 2.24) is 10.5 Å². The minimum atomic E-state index is 0.409. The summed E-state index contributed by atoms with van der Waals surface area (Å²) in [4.78, 5) is 0. The SMILES string of the molecule is c1nocc1C1NCCS1. The summed E-state index contributed by atoms with van der Waals surface area (Å²) in [7, 11) is 0. The Kier molecular flexibility index (Phi) is 1.65. The van der Waals surface area contributed by atoms with E-state index in [-0.39, 0.29) is 0 Å². The van der Waals surface area contributed by atoms with E-state index in [1.165, 1.54) is 5.75 Å².